The van der Waals surface area contributed by atoms with Gasteiger partial charge in [0.25, 0.3) is 0 Å². The van der Waals surface area contributed by atoms with Gasteiger partial charge in [0.05, 0.1) is 11.4 Å². The number of aromatic nitrogens is 2. The molecule has 118 valence electrons. The van der Waals surface area contributed by atoms with Gasteiger partial charge in [-0.3, -0.25) is 0 Å². The molecule has 0 bridgehead atoms. The second-order valence-corrected chi connectivity index (χ2v) is 5.51. The zero-order valence-corrected chi connectivity index (χ0v) is 13.4. The largest absolute Gasteiger partial charge is 0.372 e. The van der Waals surface area contributed by atoms with E-state index in [1.807, 2.05) is 54.2 Å². The summed E-state index contributed by atoms with van der Waals surface area (Å²) in [7, 11) is 1.83. The first-order chi connectivity index (χ1) is 11.2. The van der Waals surface area contributed by atoms with Crippen molar-refractivity contribution >= 4 is 5.82 Å². The number of halogens is 1. The van der Waals surface area contributed by atoms with Gasteiger partial charge in [0.2, 0.25) is 0 Å². The highest BCUT2D eigenvalue weighted by Gasteiger charge is 2.12. The van der Waals surface area contributed by atoms with Crippen LogP contribution < -0.4 is 5.32 Å². The van der Waals surface area contributed by atoms with Gasteiger partial charge in [-0.05, 0) is 42.3 Å². The van der Waals surface area contributed by atoms with Crippen molar-refractivity contribution in [3.05, 3.63) is 66.0 Å². The summed E-state index contributed by atoms with van der Waals surface area (Å²) in [6, 6.07) is 17.0. The number of hydrogen-bond donors (Lipinski definition) is 1. The topological polar surface area (TPSA) is 29.9 Å². The molecular formula is C19H20FN3. The lowest BCUT2D eigenvalue weighted by Gasteiger charge is -2.09. The van der Waals surface area contributed by atoms with E-state index in [4.69, 9.17) is 0 Å². The van der Waals surface area contributed by atoms with E-state index in [0.717, 1.165) is 41.2 Å². The summed E-state index contributed by atoms with van der Waals surface area (Å²) >= 11 is 0. The molecule has 0 spiro atoms. The van der Waals surface area contributed by atoms with Crippen LogP contribution in [-0.4, -0.2) is 16.8 Å². The Morgan fingerprint density at radius 3 is 2.57 bits per heavy atom. The number of benzene rings is 2. The Bertz CT molecular complexity index is 794. The summed E-state index contributed by atoms with van der Waals surface area (Å²) in [4.78, 5) is 0. The van der Waals surface area contributed by atoms with Crippen LogP contribution in [-0.2, 0) is 6.42 Å². The Morgan fingerprint density at radius 2 is 1.87 bits per heavy atom. The van der Waals surface area contributed by atoms with Crippen molar-refractivity contribution < 1.29 is 4.39 Å². The number of aryl methyl sites for hydroxylation is 1. The van der Waals surface area contributed by atoms with Gasteiger partial charge in [0.1, 0.15) is 11.6 Å². The summed E-state index contributed by atoms with van der Waals surface area (Å²) in [6.07, 6.45) is 1.85. The van der Waals surface area contributed by atoms with Gasteiger partial charge in [0, 0.05) is 18.7 Å². The molecule has 0 fully saturated rings. The molecule has 0 aliphatic carbocycles. The van der Waals surface area contributed by atoms with Crippen LogP contribution in [0.5, 0.6) is 0 Å². The summed E-state index contributed by atoms with van der Waals surface area (Å²) in [5.74, 6) is 0.544. The molecule has 0 atom stereocenters. The highest BCUT2D eigenvalue weighted by atomic mass is 19.1. The summed E-state index contributed by atoms with van der Waals surface area (Å²) < 4.78 is 15.9. The minimum absolute atomic E-state index is 0.210. The Morgan fingerprint density at radius 1 is 1.09 bits per heavy atom. The zero-order chi connectivity index (χ0) is 16.2. The maximum atomic E-state index is 14.0. The van der Waals surface area contributed by atoms with Crippen LogP contribution in [0.4, 0.5) is 10.2 Å². The van der Waals surface area contributed by atoms with Gasteiger partial charge in [-0.25, -0.2) is 9.07 Å². The van der Waals surface area contributed by atoms with Crippen LogP contribution in [0.15, 0.2) is 54.6 Å². The molecule has 0 saturated heterocycles. The van der Waals surface area contributed by atoms with Crippen molar-refractivity contribution in [3.8, 4) is 16.9 Å². The minimum atomic E-state index is -0.210. The highest BCUT2D eigenvalue weighted by Crippen LogP contribution is 2.27. The van der Waals surface area contributed by atoms with Gasteiger partial charge in [-0.1, -0.05) is 31.5 Å². The lowest BCUT2D eigenvalue weighted by molar-refractivity contribution is 0.625. The van der Waals surface area contributed by atoms with Gasteiger partial charge in [-0.2, -0.15) is 0 Å². The molecule has 0 aliphatic heterocycles. The average Bonchev–Trinajstić information content (AvgIpc) is 3.00. The lowest BCUT2D eigenvalue weighted by Crippen LogP contribution is -2.00. The van der Waals surface area contributed by atoms with Gasteiger partial charge in [0.15, 0.2) is 0 Å². The van der Waals surface area contributed by atoms with Crippen molar-refractivity contribution in [2.75, 3.05) is 12.4 Å². The minimum Gasteiger partial charge on any atom is -0.372 e. The monoisotopic (exact) mass is 309 g/mol. The first-order valence-corrected chi connectivity index (χ1v) is 7.84. The molecule has 1 N–H and O–H groups in total. The summed E-state index contributed by atoms with van der Waals surface area (Å²) in [5, 5.41) is 7.62. The number of para-hydroxylation sites is 1. The van der Waals surface area contributed by atoms with Gasteiger partial charge in [-0.15, -0.1) is 5.10 Å². The molecular weight excluding hydrogens is 289 g/mol. The molecule has 3 aromatic rings. The number of hydrogen-bond acceptors (Lipinski definition) is 2. The van der Waals surface area contributed by atoms with Gasteiger partial charge < -0.3 is 5.32 Å². The second kappa shape index (κ2) is 6.65. The smallest absolute Gasteiger partial charge is 0.148 e. The number of rotatable bonds is 5. The fourth-order valence-corrected chi connectivity index (χ4v) is 2.71. The molecule has 1 heterocycles. The SMILES string of the molecule is CCCc1cc(F)cc(-c2cc(NC)nn2-c2ccccc2)c1. The van der Waals surface area contributed by atoms with Crippen molar-refractivity contribution in [2.45, 2.75) is 19.8 Å². The Balaban J connectivity index is 2.14. The van der Waals surface area contributed by atoms with Crippen molar-refractivity contribution in [1.82, 2.24) is 9.78 Å². The van der Waals surface area contributed by atoms with Crippen LogP contribution in [0, 0.1) is 5.82 Å². The predicted octanol–water partition coefficient (Wildman–Crippen LogP) is 4.67. The highest BCUT2D eigenvalue weighted by molar-refractivity contribution is 5.66. The first-order valence-electron chi connectivity index (χ1n) is 7.84. The Labute approximate surface area is 135 Å². The fraction of sp³-hybridized carbons (Fsp3) is 0.211. The predicted molar refractivity (Wildman–Crippen MR) is 92.5 cm³/mol. The van der Waals surface area contributed by atoms with Gasteiger partial charge >= 0.3 is 0 Å². The zero-order valence-electron chi connectivity index (χ0n) is 13.4. The number of anilines is 1. The fourth-order valence-electron chi connectivity index (χ4n) is 2.71. The lowest BCUT2D eigenvalue weighted by atomic mass is 10.0. The van der Waals surface area contributed by atoms with E-state index in [1.165, 1.54) is 0 Å². The van der Waals surface area contributed by atoms with Crippen molar-refractivity contribution in [2.24, 2.45) is 0 Å². The molecule has 4 heteroatoms. The molecule has 0 unspecified atom stereocenters. The normalized spacial score (nSPS) is 10.7. The molecule has 0 amide bonds. The molecule has 2 aromatic carbocycles. The standard InChI is InChI=1S/C19H20FN3/c1-3-7-14-10-15(12-16(20)11-14)18-13-19(21-2)22-23(18)17-8-5-4-6-9-17/h4-6,8-13H,3,7H2,1-2H3,(H,21,22). The maximum Gasteiger partial charge on any atom is 0.148 e. The molecule has 23 heavy (non-hydrogen) atoms. The van der Waals surface area contributed by atoms with Crippen LogP contribution in [0.3, 0.4) is 0 Å². The van der Waals surface area contributed by atoms with Crippen LogP contribution in [0.1, 0.15) is 18.9 Å². The maximum absolute atomic E-state index is 14.0. The van der Waals surface area contributed by atoms with E-state index in [-0.39, 0.29) is 5.82 Å². The quantitative estimate of drug-likeness (QED) is 0.742. The Kier molecular flexibility index (Phi) is 4.42. The third-order valence-corrected chi connectivity index (χ3v) is 3.76. The number of nitrogens with zero attached hydrogens (tertiary/aromatic N) is 2. The molecule has 0 radical (unpaired) electrons. The molecule has 3 nitrogen and oxygen atoms in total. The van der Waals surface area contributed by atoms with Crippen LogP contribution in [0.2, 0.25) is 0 Å². The molecule has 0 saturated carbocycles. The van der Waals surface area contributed by atoms with Crippen LogP contribution >= 0.6 is 0 Å². The Hall–Kier alpha value is -2.62. The summed E-state index contributed by atoms with van der Waals surface area (Å²) in [5.41, 5.74) is 3.67. The molecule has 0 aliphatic rings. The van der Waals surface area contributed by atoms with E-state index >= 15 is 0 Å². The van der Waals surface area contributed by atoms with Crippen molar-refractivity contribution in [3.63, 3.8) is 0 Å². The first kappa shape index (κ1) is 15.3. The third kappa shape index (κ3) is 3.26. The third-order valence-electron chi connectivity index (χ3n) is 3.76. The van der Waals surface area contributed by atoms with E-state index in [0.29, 0.717) is 0 Å². The van der Waals surface area contributed by atoms with Crippen molar-refractivity contribution in [1.29, 1.82) is 0 Å². The van der Waals surface area contributed by atoms with Crippen LogP contribution in [0.25, 0.3) is 16.9 Å². The van der Waals surface area contributed by atoms with E-state index in [9.17, 15) is 4.39 Å². The molecule has 1 aromatic heterocycles. The van der Waals surface area contributed by atoms with E-state index < -0.39 is 0 Å². The van der Waals surface area contributed by atoms with E-state index in [1.54, 1.807) is 12.1 Å². The van der Waals surface area contributed by atoms with E-state index in [2.05, 4.69) is 17.3 Å². The molecule has 3 rings (SSSR count). The number of nitrogens with one attached hydrogen (secondary N) is 1. The summed E-state index contributed by atoms with van der Waals surface area (Å²) in [6.45, 7) is 2.10. The average molecular weight is 309 g/mol. The second-order valence-electron chi connectivity index (χ2n) is 5.51.